The molecule has 0 spiro atoms. The summed E-state index contributed by atoms with van der Waals surface area (Å²) in [6.07, 6.45) is 0.0311. The van der Waals surface area contributed by atoms with Crippen molar-refractivity contribution >= 4 is 29.7 Å². The van der Waals surface area contributed by atoms with E-state index < -0.39 is 41.7 Å². The third-order valence-corrected chi connectivity index (χ3v) is 7.34. The molecule has 0 aromatic heterocycles. The Labute approximate surface area is 253 Å². The van der Waals surface area contributed by atoms with Crippen molar-refractivity contribution in [2.75, 3.05) is 0 Å². The number of carbonyl (C=O) groups excluding carboxylic acids is 4. The standard InChI is InChI=1S/C35H29NO8/c37-30(20-26-12-7-13-28(18-26)34(41)43-21-24-10-5-2-6-11-24)36-31(29(32(36)38)19-23-8-3-1-4-9-23)35(42)44-22-25-14-16-27(17-15-25)33(39)40/h1-18,29,31H,19-22H2,(H,39,40)/t29-,31-/m0/s1. The molecule has 2 atom stereocenters. The van der Waals surface area contributed by atoms with Crippen molar-refractivity contribution < 1.29 is 38.6 Å². The average molecular weight is 592 g/mol. The molecule has 4 aromatic carbocycles. The van der Waals surface area contributed by atoms with Crippen LogP contribution in [0.25, 0.3) is 0 Å². The highest BCUT2D eigenvalue weighted by Gasteiger charge is 2.54. The summed E-state index contributed by atoms with van der Waals surface area (Å²) in [6.45, 7) is -0.0575. The zero-order valence-corrected chi connectivity index (χ0v) is 23.6. The fourth-order valence-corrected chi connectivity index (χ4v) is 5.02. The predicted octanol–water partition coefficient (Wildman–Crippen LogP) is 4.62. The third-order valence-electron chi connectivity index (χ3n) is 7.34. The molecular formula is C35H29NO8. The molecule has 1 heterocycles. The first-order chi connectivity index (χ1) is 21.3. The molecule has 0 saturated carbocycles. The number of carbonyl (C=O) groups is 5. The molecule has 44 heavy (non-hydrogen) atoms. The van der Waals surface area contributed by atoms with Crippen molar-refractivity contribution in [2.24, 2.45) is 5.92 Å². The molecular weight excluding hydrogens is 562 g/mol. The number of hydrogen-bond acceptors (Lipinski definition) is 7. The monoisotopic (exact) mass is 591 g/mol. The maximum atomic E-state index is 13.4. The topological polar surface area (TPSA) is 127 Å². The van der Waals surface area contributed by atoms with Gasteiger partial charge < -0.3 is 14.6 Å². The number of benzene rings is 4. The first kappa shape index (κ1) is 29.9. The van der Waals surface area contributed by atoms with Crippen LogP contribution in [0, 0.1) is 5.92 Å². The van der Waals surface area contributed by atoms with E-state index in [4.69, 9.17) is 14.6 Å². The van der Waals surface area contributed by atoms with Gasteiger partial charge in [0.1, 0.15) is 19.3 Å². The van der Waals surface area contributed by atoms with Gasteiger partial charge >= 0.3 is 17.9 Å². The number of carboxylic acid groups (broad SMARTS) is 1. The van der Waals surface area contributed by atoms with Crippen LogP contribution in [0.3, 0.4) is 0 Å². The van der Waals surface area contributed by atoms with Crippen molar-refractivity contribution in [2.45, 2.75) is 32.1 Å². The maximum Gasteiger partial charge on any atom is 0.338 e. The van der Waals surface area contributed by atoms with Gasteiger partial charge in [-0.2, -0.15) is 0 Å². The van der Waals surface area contributed by atoms with Crippen LogP contribution in [0.5, 0.6) is 0 Å². The van der Waals surface area contributed by atoms with Crippen LogP contribution in [0.15, 0.2) is 109 Å². The van der Waals surface area contributed by atoms with Crippen LogP contribution < -0.4 is 0 Å². The summed E-state index contributed by atoms with van der Waals surface area (Å²) in [6, 6.07) is 29.5. The summed E-state index contributed by atoms with van der Waals surface area (Å²) in [7, 11) is 0. The highest BCUT2D eigenvalue weighted by molar-refractivity contribution is 6.09. The number of ether oxygens (including phenoxy) is 2. The zero-order chi connectivity index (χ0) is 31.1. The molecule has 222 valence electrons. The number of β-lactam (4-membered cyclic amide) rings is 1. The molecule has 4 aromatic rings. The molecule has 9 nitrogen and oxygen atoms in total. The van der Waals surface area contributed by atoms with E-state index in [1.54, 1.807) is 18.2 Å². The van der Waals surface area contributed by atoms with Gasteiger partial charge in [-0.3, -0.25) is 14.5 Å². The van der Waals surface area contributed by atoms with Gasteiger partial charge in [-0.25, -0.2) is 14.4 Å². The van der Waals surface area contributed by atoms with E-state index in [2.05, 4.69) is 0 Å². The quantitative estimate of drug-likeness (QED) is 0.198. The summed E-state index contributed by atoms with van der Waals surface area (Å²) in [5, 5.41) is 9.10. The summed E-state index contributed by atoms with van der Waals surface area (Å²) >= 11 is 0. The van der Waals surface area contributed by atoms with Crippen LogP contribution in [-0.2, 0) is 49.9 Å². The molecule has 0 bridgehead atoms. The SMILES string of the molecule is O=C(O)c1ccc(COC(=O)[C@@H]2[C@H](Cc3ccccc3)C(=O)N2C(=O)Cc2cccc(C(=O)OCc3ccccc3)c2)cc1. The van der Waals surface area contributed by atoms with Crippen LogP contribution >= 0.6 is 0 Å². The molecule has 2 amide bonds. The minimum absolute atomic E-state index is 0.0953. The molecule has 1 N–H and O–H groups in total. The van der Waals surface area contributed by atoms with E-state index in [0.717, 1.165) is 16.0 Å². The van der Waals surface area contributed by atoms with E-state index in [1.807, 2.05) is 60.7 Å². The normalized spacial score (nSPS) is 15.6. The first-order valence-corrected chi connectivity index (χ1v) is 14.0. The number of hydrogen-bond donors (Lipinski definition) is 1. The second-order valence-corrected chi connectivity index (χ2v) is 10.4. The molecule has 1 fully saturated rings. The molecule has 1 aliphatic rings. The van der Waals surface area contributed by atoms with E-state index >= 15 is 0 Å². The van der Waals surface area contributed by atoms with Gasteiger partial charge in [0.15, 0.2) is 0 Å². The van der Waals surface area contributed by atoms with Gasteiger partial charge in [0, 0.05) is 0 Å². The molecule has 0 radical (unpaired) electrons. The Bertz CT molecular complexity index is 1670. The van der Waals surface area contributed by atoms with Crippen molar-refractivity contribution in [3.63, 3.8) is 0 Å². The summed E-state index contributed by atoms with van der Waals surface area (Å²) in [4.78, 5) is 64.7. The molecule has 0 aliphatic carbocycles. The second kappa shape index (κ2) is 13.6. The lowest BCUT2D eigenvalue weighted by Crippen LogP contribution is -2.67. The smallest absolute Gasteiger partial charge is 0.338 e. The fraction of sp³-hybridized carbons (Fsp3) is 0.171. The molecule has 5 rings (SSSR count). The predicted molar refractivity (Wildman–Crippen MR) is 158 cm³/mol. The fourth-order valence-electron chi connectivity index (χ4n) is 5.02. The Kier molecular flexibility index (Phi) is 9.25. The second-order valence-electron chi connectivity index (χ2n) is 10.4. The number of imide groups is 1. The van der Waals surface area contributed by atoms with E-state index in [-0.39, 0.29) is 37.2 Å². The van der Waals surface area contributed by atoms with Crippen molar-refractivity contribution in [3.8, 4) is 0 Å². The van der Waals surface area contributed by atoms with Gasteiger partial charge in [0.25, 0.3) is 0 Å². The van der Waals surface area contributed by atoms with Gasteiger partial charge in [-0.15, -0.1) is 0 Å². The van der Waals surface area contributed by atoms with E-state index in [0.29, 0.717) is 11.1 Å². The number of esters is 2. The number of amides is 2. The van der Waals surface area contributed by atoms with Crippen LogP contribution in [-0.4, -0.2) is 45.8 Å². The number of aromatic carboxylic acids is 1. The van der Waals surface area contributed by atoms with Crippen LogP contribution in [0.4, 0.5) is 0 Å². The Morgan fingerprint density at radius 2 is 1.25 bits per heavy atom. The van der Waals surface area contributed by atoms with E-state index in [9.17, 15) is 24.0 Å². The lowest BCUT2D eigenvalue weighted by atomic mass is 9.81. The van der Waals surface area contributed by atoms with Crippen molar-refractivity contribution in [1.29, 1.82) is 0 Å². The molecule has 1 aliphatic heterocycles. The lowest BCUT2D eigenvalue weighted by Gasteiger charge is -2.44. The first-order valence-electron chi connectivity index (χ1n) is 14.0. The summed E-state index contributed by atoms with van der Waals surface area (Å²) in [5.74, 6) is -4.23. The van der Waals surface area contributed by atoms with Crippen molar-refractivity contribution in [1.82, 2.24) is 4.90 Å². The highest BCUT2D eigenvalue weighted by Crippen LogP contribution is 2.32. The Balaban J connectivity index is 1.27. The lowest BCUT2D eigenvalue weighted by molar-refractivity contribution is -0.180. The van der Waals surface area contributed by atoms with Crippen molar-refractivity contribution in [3.05, 3.63) is 143 Å². The van der Waals surface area contributed by atoms with Gasteiger partial charge in [-0.1, -0.05) is 84.9 Å². The largest absolute Gasteiger partial charge is 0.478 e. The number of likely N-dealkylation sites (tertiary alicyclic amines) is 1. The molecule has 1 saturated heterocycles. The zero-order valence-electron chi connectivity index (χ0n) is 23.6. The van der Waals surface area contributed by atoms with Crippen LogP contribution in [0.1, 0.15) is 43.0 Å². The Hall–Kier alpha value is -5.57. The number of carboxylic acids is 1. The van der Waals surface area contributed by atoms with Gasteiger partial charge in [-0.05, 0) is 52.9 Å². The Morgan fingerprint density at radius 1 is 0.659 bits per heavy atom. The van der Waals surface area contributed by atoms with Gasteiger partial charge in [0.2, 0.25) is 11.8 Å². The minimum Gasteiger partial charge on any atom is -0.478 e. The van der Waals surface area contributed by atoms with Gasteiger partial charge in [0.05, 0.1) is 23.5 Å². The highest BCUT2D eigenvalue weighted by atomic mass is 16.5. The third kappa shape index (κ3) is 7.07. The molecule has 9 heteroatoms. The summed E-state index contributed by atoms with van der Waals surface area (Å²) in [5.41, 5.74) is 3.06. The molecule has 0 unspecified atom stereocenters. The minimum atomic E-state index is -1.13. The number of rotatable bonds is 11. The van der Waals surface area contributed by atoms with E-state index in [1.165, 1.54) is 30.3 Å². The Morgan fingerprint density at radius 3 is 1.91 bits per heavy atom. The average Bonchev–Trinajstić information content (AvgIpc) is 3.04. The number of nitrogens with zero attached hydrogens (tertiary/aromatic N) is 1. The van der Waals surface area contributed by atoms with Crippen LogP contribution in [0.2, 0.25) is 0 Å². The maximum absolute atomic E-state index is 13.4. The summed E-state index contributed by atoms with van der Waals surface area (Å²) < 4.78 is 10.9.